The van der Waals surface area contributed by atoms with Crippen molar-refractivity contribution in [2.75, 3.05) is 6.61 Å². The normalized spacial score (nSPS) is 24.5. The van der Waals surface area contributed by atoms with E-state index in [1.54, 1.807) is 6.92 Å². The van der Waals surface area contributed by atoms with E-state index in [-0.39, 0.29) is 24.6 Å². The summed E-state index contributed by atoms with van der Waals surface area (Å²) >= 11 is 0. The van der Waals surface area contributed by atoms with Crippen LogP contribution < -0.4 is 0 Å². The van der Waals surface area contributed by atoms with Crippen LogP contribution in [0, 0.1) is 5.41 Å². The molecular formula is C12H18O4. The Balaban J connectivity index is 2.80. The first kappa shape index (κ1) is 12.9. The molecule has 0 N–H and O–H groups in total. The molecule has 4 nitrogen and oxygen atoms in total. The topological polar surface area (TPSA) is 60.4 Å². The highest BCUT2D eigenvalue weighted by Gasteiger charge is 2.49. The van der Waals surface area contributed by atoms with Crippen LogP contribution in [0.3, 0.4) is 0 Å². The van der Waals surface area contributed by atoms with Crippen LogP contribution in [0.5, 0.6) is 0 Å². The summed E-state index contributed by atoms with van der Waals surface area (Å²) in [7, 11) is 0. The number of esters is 1. The summed E-state index contributed by atoms with van der Waals surface area (Å²) in [4.78, 5) is 34.6. The minimum Gasteiger partial charge on any atom is -0.465 e. The highest BCUT2D eigenvalue weighted by molar-refractivity contribution is 6.05. The van der Waals surface area contributed by atoms with Gasteiger partial charge in [0.1, 0.15) is 17.0 Å². The largest absolute Gasteiger partial charge is 0.465 e. The predicted octanol–water partition coefficient (Wildman–Crippen LogP) is 1.66. The maximum atomic E-state index is 11.8. The third kappa shape index (κ3) is 2.49. The average Bonchev–Trinajstić information content (AvgIpc) is 2.58. The molecule has 0 aromatic carbocycles. The number of carbonyl (C=O) groups is 3. The molecule has 90 valence electrons. The van der Waals surface area contributed by atoms with Crippen LogP contribution in [0.1, 0.15) is 46.0 Å². The molecule has 0 radical (unpaired) electrons. The summed E-state index contributed by atoms with van der Waals surface area (Å²) in [5.41, 5.74) is -1.03. The molecule has 0 unspecified atom stereocenters. The Morgan fingerprint density at radius 2 is 2.12 bits per heavy atom. The Morgan fingerprint density at radius 3 is 2.56 bits per heavy atom. The first-order valence-electron chi connectivity index (χ1n) is 5.73. The summed E-state index contributed by atoms with van der Waals surface area (Å²) in [6.07, 6.45) is 2.24. The monoisotopic (exact) mass is 226 g/mol. The number of hydrogen-bond donors (Lipinski definition) is 0. The quantitative estimate of drug-likeness (QED) is 0.528. The lowest BCUT2D eigenvalue weighted by Gasteiger charge is -2.24. The highest BCUT2D eigenvalue weighted by Crippen LogP contribution is 2.40. The van der Waals surface area contributed by atoms with Gasteiger partial charge in [-0.3, -0.25) is 9.59 Å². The third-order valence-electron chi connectivity index (χ3n) is 3.11. The molecule has 4 heteroatoms. The smallest absolute Gasteiger partial charge is 0.319 e. The molecular weight excluding hydrogens is 208 g/mol. The maximum absolute atomic E-state index is 11.8. The van der Waals surface area contributed by atoms with Gasteiger partial charge in [0.2, 0.25) is 0 Å². The molecule has 0 amide bonds. The molecule has 0 aliphatic heterocycles. The molecule has 1 fully saturated rings. The summed E-state index contributed by atoms with van der Waals surface area (Å²) in [5, 5.41) is 0. The summed E-state index contributed by atoms with van der Waals surface area (Å²) < 4.78 is 4.96. The lowest BCUT2D eigenvalue weighted by molar-refractivity contribution is -0.159. The summed E-state index contributed by atoms with van der Waals surface area (Å²) in [6, 6.07) is 0. The molecule has 0 heterocycles. The second-order valence-corrected chi connectivity index (χ2v) is 4.28. The fourth-order valence-corrected chi connectivity index (χ4v) is 2.17. The summed E-state index contributed by atoms with van der Waals surface area (Å²) in [6.45, 7) is 3.46. The molecule has 0 aromatic rings. The third-order valence-corrected chi connectivity index (χ3v) is 3.11. The Labute approximate surface area is 95.3 Å². The van der Waals surface area contributed by atoms with Crippen LogP contribution in [-0.2, 0) is 19.1 Å². The predicted molar refractivity (Wildman–Crippen MR) is 57.8 cm³/mol. The van der Waals surface area contributed by atoms with Gasteiger partial charge >= 0.3 is 5.97 Å². The van der Waals surface area contributed by atoms with E-state index in [9.17, 15) is 14.4 Å². The zero-order valence-electron chi connectivity index (χ0n) is 9.88. The highest BCUT2D eigenvalue weighted by atomic mass is 16.5. The summed E-state index contributed by atoms with van der Waals surface area (Å²) in [5.74, 6) is -0.505. The van der Waals surface area contributed by atoms with E-state index in [0.29, 0.717) is 19.3 Å². The molecule has 1 aliphatic rings. The van der Waals surface area contributed by atoms with Crippen LogP contribution in [0.4, 0.5) is 0 Å². The Kier molecular flexibility index (Phi) is 4.21. The van der Waals surface area contributed by atoms with E-state index in [2.05, 4.69) is 0 Å². The van der Waals surface area contributed by atoms with Crippen molar-refractivity contribution in [1.82, 2.24) is 0 Å². The van der Waals surface area contributed by atoms with Gasteiger partial charge in [-0.15, -0.1) is 0 Å². The zero-order valence-corrected chi connectivity index (χ0v) is 9.88. The average molecular weight is 226 g/mol. The molecule has 0 aromatic heterocycles. The maximum Gasteiger partial charge on any atom is 0.319 e. The van der Waals surface area contributed by atoms with Gasteiger partial charge in [0, 0.05) is 12.8 Å². The Hall–Kier alpha value is -1.19. The van der Waals surface area contributed by atoms with Gasteiger partial charge < -0.3 is 9.53 Å². The Morgan fingerprint density at radius 1 is 1.44 bits per heavy atom. The van der Waals surface area contributed by atoms with Crippen molar-refractivity contribution in [3.63, 3.8) is 0 Å². The molecule has 1 rings (SSSR count). The van der Waals surface area contributed by atoms with E-state index >= 15 is 0 Å². The van der Waals surface area contributed by atoms with Crippen molar-refractivity contribution in [2.24, 2.45) is 5.41 Å². The second kappa shape index (κ2) is 5.23. The minimum absolute atomic E-state index is 0.00312. The molecule has 1 aliphatic carbocycles. The van der Waals surface area contributed by atoms with Crippen LogP contribution in [0.15, 0.2) is 0 Å². The number of ketones is 2. The van der Waals surface area contributed by atoms with E-state index in [0.717, 1.165) is 6.42 Å². The van der Waals surface area contributed by atoms with E-state index < -0.39 is 11.4 Å². The molecule has 0 spiro atoms. The number of ether oxygens (including phenoxy) is 1. The van der Waals surface area contributed by atoms with Gasteiger partial charge in [-0.25, -0.2) is 0 Å². The van der Waals surface area contributed by atoms with E-state index in [1.807, 2.05) is 0 Å². The lowest BCUT2D eigenvalue weighted by Crippen LogP contribution is -2.37. The molecule has 1 saturated carbocycles. The van der Waals surface area contributed by atoms with Crippen molar-refractivity contribution < 1.29 is 19.1 Å². The van der Waals surface area contributed by atoms with Crippen molar-refractivity contribution in [3.8, 4) is 0 Å². The van der Waals surface area contributed by atoms with Crippen molar-refractivity contribution in [2.45, 2.75) is 46.0 Å². The van der Waals surface area contributed by atoms with Crippen LogP contribution in [-0.4, -0.2) is 24.1 Å². The first-order chi connectivity index (χ1) is 7.53. The van der Waals surface area contributed by atoms with E-state index in [4.69, 9.17) is 4.74 Å². The van der Waals surface area contributed by atoms with E-state index in [1.165, 1.54) is 6.92 Å². The van der Waals surface area contributed by atoms with Crippen LogP contribution in [0.2, 0.25) is 0 Å². The number of hydrogen-bond acceptors (Lipinski definition) is 4. The second-order valence-electron chi connectivity index (χ2n) is 4.28. The number of carbonyl (C=O) groups excluding carboxylic acids is 3. The van der Waals surface area contributed by atoms with Gasteiger partial charge in [0.05, 0.1) is 6.61 Å². The van der Waals surface area contributed by atoms with Crippen molar-refractivity contribution >= 4 is 17.5 Å². The van der Waals surface area contributed by atoms with Gasteiger partial charge in [-0.1, -0.05) is 0 Å². The SMILES string of the molecule is CCOC(=O)[C@]1(CCC(C)=O)CCCC1=O. The van der Waals surface area contributed by atoms with Gasteiger partial charge in [0.25, 0.3) is 0 Å². The van der Waals surface area contributed by atoms with Gasteiger partial charge in [-0.2, -0.15) is 0 Å². The fraction of sp³-hybridized carbons (Fsp3) is 0.750. The van der Waals surface area contributed by atoms with Crippen molar-refractivity contribution in [1.29, 1.82) is 0 Å². The van der Waals surface area contributed by atoms with Gasteiger partial charge in [0.15, 0.2) is 0 Å². The standard InChI is InChI=1S/C12H18O4/c1-3-16-11(15)12(8-6-9(2)13)7-4-5-10(12)14/h3-8H2,1-2H3/t12-/m0/s1. The molecule has 1 atom stereocenters. The Bertz CT molecular complexity index is 308. The number of Topliss-reactive ketones (excluding diaryl/α,β-unsaturated/α-hetero) is 2. The van der Waals surface area contributed by atoms with Crippen LogP contribution in [0.25, 0.3) is 0 Å². The molecule has 0 saturated heterocycles. The number of rotatable bonds is 5. The minimum atomic E-state index is -1.03. The fourth-order valence-electron chi connectivity index (χ4n) is 2.17. The van der Waals surface area contributed by atoms with Crippen molar-refractivity contribution in [3.05, 3.63) is 0 Å². The van der Waals surface area contributed by atoms with Crippen LogP contribution >= 0.6 is 0 Å². The van der Waals surface area contributed by atoms with Gasteiger partial charge in [-0.05, 0) is 33.1 Å². The molecule has 0 bridgehead atoms. The first-order valence-corrected chi connectivity index (χ1v) is 5.73. The molecule has 16 heavy (non-hydrogen) atoms. The lowest BCUT2D eigenvalue weighted by atomic mass is 9.80. The zero-order chi connectivity index (χ0) is 12.2.